The minimum Gasteiger partial charge on any atom is -0.493 e. The van der Waals surface area contributed by atoms with E-state index in [0.29, 0.717) is 29.4 Å². The Kier molecular flexibility index (Phi) is 9.41. The van der Waals surface area contributed by atoms with Crippen LogP contribution in [0, 0.1) is 0 Å². The number of carbonyl (C=O) groups is 3. The summed E-state index contributed by atoms with van der Waals surface area (Å²) in [4.78, 5) is 37.2. The Balaban J connectivity index is 1.43. The van der Waals surface area contributed by atoms with Gasteiger partial charge in [0.2, 0.25) is 0 Å². The molecule has 11 heteroatoms. The fraction of sp³-hybridized carbons (Fsp3) is 0.267. The quantitative estimate of drug-likeness (QED) is 0.183. The molecule has 41 heavy (non-hydrogen) atoms. The predicted molar refractivity (Wildman–Crippen MR) is 153 cm³/mol. The molecule has 11 nitrogen and oxygen atoms in total. The lowest BCUT2D eigenvalue weighted by atomic mass is 9.95. The number of esters is 1. The summed E-state index contributed by atoms with van der Waals surface area (Å²) < 4.78 is 22.0. The standard InChI is InChI=1S/C30H32N4O7/c1-5-39-23-13-12-20(21-9-7-8-10-22(21)23)16-31-34-26(35)17-41-24-14-11-19(15-25(24)38-4)28-27(29(36)40-6-2)18(3)32-30(37)33-28/h7-16,28H,5-6,17H2,1-4H3,(H,34,35)(H2,32,33,37)/b31-16-/t28-/m0/s1. The molecule has 0 aromatic heterocycles. The Labute approximate surface area is 237 Å². The Morgan fingerprint density at radius 3 is 2.46 bits per heavy atom. The molecule has 214 valence electrons. The van der Waals surface area contributed by atoms with E-state index in [4.69, 9.17) is 18.9 Å². The number of rotatable bonds is 11. The van der Waals surface area contributed by atoms with Crippen molar-refractivity contribution in [2.45, 2.75) is 26.8 Å². The summed E-state index contributed by atoms with van der Waals surface area (Å²) in [5, 5.41) is 11.3. The maximum Gasteiger partial charge on any atom is 0.338 e. The molecule has 0 spiro atoms. The normalized spacial score (nSPS) is 14.8. The van der Waals surface area contributed by atoms with Gasteiger partial charge in [-0.15, -0.1) is 0 Å². The summed E-state index contributed by atoms with van der Waals surface area (Å²) in [5.74, 6) is 0.372. The van der Waals surface area contributed by atoms with Crippen molar-refractivity contribution in [3.8, 4) is 17.2 Å². The van der Waals surface area contributed by atoms with Crippen molar-refractivity contribution in [3.63, 3.8) is 0 Å². The highest BCUT2D eigenvalue weighted by Gasteiger charge is 2.32. The molecule has 0 bridgehead atoms. The zero-order valence-electron chi connectivity index (χ0n) is 23.3. The van der Waals surface area contributed by atoms with Gasteiger partial charge in [-0.25, -0.2) is 15.0 Å². The van der Waals surface area contributed by atoms with Crippen molar-refractivity contribution in [2.75, 3.05) is 26.9 Å². The number of urea groups is 1. The molecular formula is C30H32N4O7. The first-order valence-electron chi connectivity index (χ1n) is 13.1. The molecule has 3 aromatic rings. The summed E-state index contributed by atoms with van der Waals surface area (Å²) in [5.41, 5.74) is 4.53. The summed E-state index contributed by atoms with van der Waals surface area (Å²) in [6.07, 6.45) is 1.56. The van der Waals surface area contributed by atoms with Crippen molar-refractivity contribution in [1.29, 1.82) is 0 Å². The number of nitrogens with zero attached hydrogens (tertiary/aromatic N) is 1. The van der Waals surface area contributed by atoms with Crippen LogP contribution in [0.25, 0.3) is 10.8 Å². The van der Waals surface area contributed by atoms with E-state index >= 15 is 0 Å². The van der Waals surface area contributed by atoms with Crippen LogP contribution in [0.1, 0.15) is 37.9 Å². The van der Waals surface area contributed by atoms with Gasteiger partial charge in [0.25, 0.3) is 5.91 Å². The van der Waals surface area contributed by atoms with E-state index in [1.54, 1.807) is 38.3 Å². The summed E-state index contributed by atoms with van der Waals surface area (Å²) in [7, 11) is 1.45. The predicted octanol–water partition coefficient (Wildman–Crippen LogP) is 3.97. The Morgan fingerprint density at radius 2 is 1.73 bits per heavy atom. The Morgan fingerprint density at radius 1 is 0.976 bits per heavy atom. The van der Waals surface area contributed by atoms with Gasteiger partial charge in [0.05, 0.1) is 38.2 Å². The van der Waals surface area contributed by atoms with Crippen LogP contribution in [-0.2, 0) is 14.3 Å². The number of hydrogen-bond acceptors (Lipinski definition) is 8. The van der Waals surface area contributed by atoms with Crippen molar-refractivity contribution < 1.29 is 33.3 Å². The lowest BCUT2D eigenvalue weighted by Gasteiger charge is -2.28. The van der Waals surface area contributed by atoms with Crippen molar-refractivity contribution in [2.24, 2.45) is 5.10 Å². The first-order chi connectivity index (χ1) is 19.9. The average molecular weight is 561 g/mol. The molecule has 0 saturated carbocycles. The van der Waals surface area contributed by atoms with E-state index in [1.807, 2.05) is 43.3 Å². The third-order valence-corrected chi connectivity index (χ3v) is 6.25. The van der Waals surface area contributed by atoms with Crippen LogP contribution in [0.5, 0.6) is 17.2 Å². The number of allylic oxidation sites excluding steroid dienone is 1. The average Bonchev–Trinajstić information content (AvgIpc) is 2.96. The lowest BCUT2D eigenvalue weighted by molar-refractivity contribution is -0.139. The summed E-state index contributed by atoms with van der Waals surface area (Å²) in [6, 6.07) is 15.2. The monoisotopic (exact) mass is 560 g/mol. The number of benzene rings is 3. The highest BCUT2D eigenvalue weighted by Crippen LogP contribution is 2.34. The zero-order valence-corrected chi connectivity index (χ0v) is 23.3. The molecule has 3 amide bonds. The number of nitrogens with one attached hydrogen (secondary N) is 3. The molecule has 1 heterocycles. The van der Waals surface area contributed by atoms with E-state index in [-0.39, 0.29) is 18.8 Å². The molecule has 0 radical (unpaired) electrons. The molecule has 1 aliphatic heterocycles. The van der Waals surface area contributed by atoms with Crippen LogP contribution < -0.4 is 30.3 Å². The third kappa shape index (κ3) is 6.75. The maximum absolute atomic E-state index is 12.6. The summed E-state index contributed by atoms with van der Waals surface area (Å²) >= 11 is 0. The summed E-state index contributed by atoms with van der Waals surface area (Å²) in [6.45, 7) is 5.69. The molecule has 3 aromatic carbocycles. The second-order valence-corrected chi connectivity index (χ2v) is 8.91. The van der Waals surface area contributed by atoms with Crippen LogP contribution in [-0.4, -0.2) is 51.1 Å². The smallest absolute Gasteiger partial charge is 0.338 e. The molecule has 4 rings (SSSR count). The van der Waals surface area contributed by atoms with E-state index in [9.17, 15) is 14.4 Å². The topological polar surface area (TPSA) is 137 Å². The van der Waals surface area contributed by atoms with Gasteiger partial charge in [0, 0.05) is 16.6 Å². The third-order valence-electron chi connectivity index (χ3n) is 6.25. The first kappa shape index (κ1) is 28.9. The van der Waals surface area contributed by atoms with Gasteiger partial charge in [0.15, 0.2) is 18.1 Å². The van der Waals surface area contributed by atoms with E-state index in [0.717, 1.165) is 22.1 Å². The SMILES string of the molecule is CCOC(=O)C1=C(C)NC(=O)N[C@H]1c1ccc(OCC(=O)N/N=C\c2ccc(OCC)c3ccccc23)c(OC)c1. The minimum absolute atomic E-state index is 0.190. The maximum atomic E-state index is 12.6. The van der Waals surface area contributed by atoms with Crippen LogP contribution in [0.4, 0.5) is 4.79 Å². The number of methoxy groups -OCH3 is 1. The molecule has 3 N–H and O–H groups in total. The van der Waals surface area contributed by atoms with E-state index in [2.05, 4.69) is 21.2 Å². The van der Waals surface area contributed by atoms with Gasteiger partial charge < -0.3 is 29.6 Å². The van der Waals surface area contributed by atoms with Crippen LogP contribution in [0.3, 0.4) is 0 Å². The largest absolute Gasteiger partial charge is 0.493 e. The molecule has 0 fully saturated rings. The van der Waals surface area contributed by atoms with Gasteiger partial charge >= 0.3 is 12.0 Å². The second kappa shape index (κ2) is 13.3. The van der Waals surface area contributed by atoms with E-state index in [1.165, 1.54) is 7.11 Å². The zero-order chi connectivity index (χ0) is 29.4. The van der Waals surface area contributed by atoms with E-state index < -0.39 is 23.9 Å². The van der Waals surface area contributed by atoms with Gasteiger partial charge in [0.1, 0.15) is 5.75 Å². The molecule has 0 aliphatic carbocycles. The van der Waals surface area contributed by atoms with Gasteiger partial charge in [-0.1, -0.05) is 30.3 Å². The molecule has 0 saturated heterocycles. The van der Waals surface area contributed by atoms with Crippen LogP contribution in [0.2, 0.25) is 0 Å². The van der Waals surface area contributed by atoms with Crippen molar-refractivity contribution in [3.05, 3.63) is 77.0 Å². The molecule has 1 aliphatic rings. The van der Waals surface area contributed by atoms with Crippen molar-refractivity contribution >= 4 is 34.9 Å². The fourth-order valence-electron chi connectivity index (χ4n) is 4.44. The number of fused-ring (bicyclic) bond motifs is 1. The molecule has 0 unspecified atom stereocenters. The number of hydrogen-bond donors (Lipinski definition) is 3. The minimum atomic E-state index is -0.762. The van der Waals surface area contributed by atoms with Gasteiger partial charge in [-0.3, -0.25) is 4.79 Å². The first-order valence-corrected chi connectivity index (χ1v) is 13.1. The lowest BCUT2D eigenvalue weighted by Crippen LogP contribution is -2.45. The number of carbonyl (C=O) groups excluding carboxylic acids is 3. The van der Waals surface area contributed by atoms with Crippen LogP contribution >= 0.6 is 0 Å². The molecule has 1 atom stereocenters. The number of amides is 3. The van der Waals surface area contributed by atoms with Gasteiger partial charge in [-0.05, 0) is 56.0 Å². The van der Waals surface area contributed by atoms with Crippen LogP contribution in [0.15, 0.2) is 71.0 Å². The molecular weight excluding hydrogens is 528 g/mol. The second-order valence-electron chi connectivity index (χ2n) is 8.91. The number of ether oxygens (including phenoxy) is 4. The number of hydrazone groups is 1. The van der Waals surface area contributed by atoms with Crippen molar-refractivity contribution in [1.82, 2.24) is 16.1 Å². The Bertz CT molecular complexity index is 1520. The Hall–Kier alpha value is -5.06. The fourth-order valence-corrected chi connectivity index (χ4v) is 4.44. The highest BCUT2D eigenvalue weighted by molar-refractivity contribution is 6.02. The highest BCUT2D eigenvalue weighted by atomic mass is 16.5. The van der Waals surface area contributed by atoms with Gasteiger partial charge in [-0.2, -0.15) is 5.10 Å².